The van der Waals surface area contributed by atoms with Crippen molar-refractivity contribution in [3.8, 4) is 0 Å². The predicted octanol–water partition coefficient (Wildman–Crippen LogP) is 3.09. The minimum absolute atomic E-state index is 0.0490. The van der Waals surface area contributed by atoms with Gasteiger partial charge in [0.25, 0.3) is 0 Å². The molecular formula is C24H28N6O. The molecule has 3 aromatic rings. The highest BCUT2D eigenvalue weighted by atomic mass is 16.1. The highest BCUT2D eigenvalue weighted by molar-refractivity contribution is 5.95. The number of pyridine rings is 1. The van der Waals surface area contributed by atoms with Gasteiger partial charge in [-0.25, -0.2) is 4.98 Å². The van der Waals surface area contributed by atoms with Crippen LogP contribution in [0.15, 0.2) is 59.6 Å². The second-order valence-corrected chi connectivity index (χ2v) is 7.89. The first-order chi connectivity index (χ1) is 15.0. The summed E-state index contributed by atoms with van der Waals surface area (Å²) in [5.41, 5.74) is 4.17. The van der Waals surface area contributed by atoms with Gasteiger partial charge in [-0.1, -0.05) is 36.4 Å². The maximum Gasteiger partial charge on any atom is 0.225 e. The molecule has 0 aliphatic carbocycles. The Kier molecular flexibility index (Phi) is 6.02. The number of aliphatic imine (C=N–C) groups is 1. The molecule has 4 rings (SSSR count). The van der Waals surface area contributed by atoms with Crippen molar-refractivity contribution in [1.82, 2.24) is 15.6 Å². The molecule has 0 radical (unpaired) electrons. The third-order valence-electron chi connectivity index (χ3n) is 5.54. The van der Waals surface area contributed by atoms with Crippen molar-refractivity contribution in [3.63, 3.8) is 0 Å². The van der Waals surface area contributed by atoms with Gasteiger partial charge in [-0.05, 0) is 29.3 Å². The van der Waals surface area contributed by atoms with Gasteiger partial charge in [-0.3, -0.25) is 9.79 Å². The van der Waals surface area contributed by atoms with Crippen LogP contribution in [0.1, 0.15) is 23.5 Å². The summed E-state index contributed by atoms with van der Waals surface area (Å²) in [5.74, 6) is 1.78. The zero-order valence-corrected chi connectivity index (χ0v) is 18.1. The van der Waals surface area contributed by atoms with E-state index in [4.69, 9.17) is 4.98 Å². The fourth-order valence-electron chi connectivity index (χ4n) is 3.91. The molecule has 0 fully saturated rings. The monoisotopic (exact) mass is 416 g/mol. The fraction of sp³-hybridized carbons (Fsp3) is 0.292. The number of fused-ring (bicyclic) bond motifs is 2. The van der Waals surface area contributed by atoms with E-state index >= 15 is 0 Å². The van der Waals surface area contributed by atoms with Crippen molar-refractivity contribution >= 4 is 34.3 Å². The second kappa shape index (κ2) is 9.04. The molecule has 2 aromatic carbocycles. The number of benzene rings is 2. The van der Waals surface area contributed by atoms with Crippen LogP contribution in [0.2, 0.25) is 0 Å². The molecule has 0 bridgehead atoms. The minimum Gasteiger partial charge on any atom is -0.363 e. The van der Waals surface area contributed by atoms with Gasteiger partial charge in [0, 0.05) is 57.6 Å². The number of guanidine groups is 1. The smallest absolute Gasteiger partial charge is 0.225 e. The van der Waals surface area contributed by atoms with E-state index in [0.29, 0.717) is 25.5 Å². The Morgan fingerprint density at radius 1 is 1.16 bits per heavy atom. The van der Waals surface area contributed by atoms with Crippen molar-refractivity contribution in [3.05, 3.63) is 65.7 Å². The van der Waals surface area contributed by atoms with Crippen LogP contribution < -0.4 is 20.9 Å². The largest absolute Gasteiger partial charge is 0.363 e. The van der Waals surface area contributed by atoms with E-state index in [-0.39, 0.29) is 11.8 Å². The molecule has 2 heterocycles. The molecule has 31 heavy (non-hydrogen) atoms. The topological polar surface area (TPSA) is 81.7 Å². The zero-order chi connectivity index (χ0) is 21.8. The van der Waals surface area contributed by atoms with E-state index < -0.39 is 0 Å². The molecule has 7 heteroatoms. The van der Waals surface area contributed by atoms with Crippen molar-refractivity contribution in [2.45, 2.75) is 18.9 Å². The number of hydrogen-bond acceptors (Lipinski definition) is 4. The third-order valence-corrected chi connectivity index (χ3v) is 5.54. The van der Waals surface area contributed by atoms with Gasteiger partial charge in [-0.15, -0.1) is 0 Å². The summed E-state index contributed by atoms with van der Waals surface area (Å²) >= 11 is 0. The number of rotatable bonds is 5. The average Bonchev–Trinajstić information content (AvgIpc) is 2.78. The third kappa shape index (κ3) is 4.60. The highest BCUT2D eigenvalue weighted by Crippen LogP contribution is 2.31. The van der Waals surface area contributed by atoms with Crippen LogP contribution in [0.5, 0.6) is 0 Å². The van der Waals surface area contributed by atoms with E-state index in [2.05, 4.69) is 39.1 Å². The maximum atomic E-state index is 12.1. The Bertz CT molecular complexity index is 1120. The summed E-state index contributed by atoms with van der Waals surface area (Å²) in [6, 6.07) is 18.2. The Morgan fingerprint density at radius 3 is 2.74 bits per heavy atom. The molecule has 3 N–H and O–H groups in total. The summed E-state index contributed by atoms with van der Waals surface area (Å²) in [4.78, 5) is 23.2. The Labute approximate surface area is 182 Å². The van der Waals surface area contributed by atoms with E-state index in [0.717, 1.165) is 33.5 Å². The first kappa shape index (κ1) is 20.7. The number of nitrogens with zero attached hydrogens (tertiary/aromatic N) is 3. The molecule has 1 aliphatic heterocycles. The van der Waals surface area contributed by atoms with Gasteiger partial charge in [0.2, 0.25) is 5.91 Å². The summed E-state index contributed by atoms with van der Waals surface area (Å²) in [7, 11) is 5.74. The van der Waals surface area contributed by atoms with E-state index in [1.165, 1.54) is 0 Å². The Morgan fingerprint density at radius 2 is 1.94 bits per heavy atom. The van der Waals surface area contributed by atoms with Crippen LogP contribution in [0, 0.1) is 0 Å². The number of nitrogens with one attached hydrogen (secondary N) is 3. The van der Waals surface area contributed by atoms with Gasteiger partial charge in [0.1, 0.15) is 5.82 Å². The summed E-state index contributed by atoms with van der Waals surface area (Å²) in [6.45, 7) is 1.25. The fourth-order valence-corrected chi connectivity index (χ4v) is 3.91. The van der Waals surface area contributed by atoms with Crippen LogP contribution >= 0.6 is 0 Å². The molecule has 1 unspecified atom stereocenters. The number of carbonyl (C=O) groups excluding carboxylic acids is 1. The van der Waals surface area contributed by atoms with Crippen molar-refractivity contribution in [2.75, 3.05) is 37.9 Å². The average molecular weight is 417 g/mol. The second-order valence-electron chi connectivity index (χ2n) is 7.89. The molecule has 0 saturated heterocycles. The molecule has 1 amide bonds. The lowest BCUT2D eigenvalue weighted by Crippen LogP contribution is -2.40. The number of anilines is 2. The molecule has 1 aromatic heterocycles. The lowest BCUT2D eigenvalue weighted by Gasteiger charge is -2.26. The normalized spacial score (nSPS) is 15.9. The van der Waals surface area contributed by atoms with Crippen LogP contribution in [0.4, 0.5) is 11.5 Å². The minimum atomic E-state index is 0.0490. The van der Waals surface area contributed by atoms with Gasteiger partial charge < -0.3 is 20.9 Å². The number of aromatic nitrogens is 1. The van der Waals surface area contributed by atoms with E-state index in [1.54, 1.807) is 7.05 Å². The van der Waals surface area contributed by atoms with Crippen LogP contribution in [-0.2, 0) is 11.3 Å². The highest BCUT2D eigenvalue weighted by Gasteiger charge is 2.24. The lowest BCUT2D eigenvalue weighted by atomic mass is 9.90. The molecule has 0 spiro atoms. The zero-order valence-electron chi connectivity index (χ0n) is 18.1. The lowest BCUT2D eigenvalue weighted by molar-refractivity contribution is -0.116. The number of hydrogen-bond donors (Lipinski definition) is 3. The van der Waals surface area contributed by atoms with Crippen molar-refractivity contribution in [2.24, 2.45) is 4.99 Å². The van der Waals surface area contributed by atoms with Gasteiger partial charge in [-0.2, -0.15) is 0 Å². The molecule has 7 nitrogen and oxygen atoms in total. The Hall–Kier alpha value is -3.61. The van der Waals surface area contributed by atoms with Gasteiger partial charge >= 0.3 is 0 Å². The molecule has 1 atom stereocenters. The molecule has 0 saturated carbocycles. The molecule has 160 valence electrons. The standard InChI is InChI=1S/C24H28N6O/c1-25-24(27-15-17-13-23(31)29-21-11-7-5-9-19(17)21)26-14-16-12-22(30(2)3)28-20-10-6-4-8-18(16)20/h4-12,17H,13-15H2,1-3H3,(H,29,31)(H2,25,26,27). The first-order valence-electron chi connectivity index (χ1n) is 10.4. The molecular weight excluding hydrogens is 388 g/mol. The Balaban J connectivity index is 1.46. The predicted molar refractivity (Wildman–Crippen MR) is 127 cm³/mol. The summed E-state index contributed by atoms with van der Waals surface area (Å²) in [6.07, 6.45) is 0.461. The van der Waals surface area contributed by atoms with Crippen LogP contribution in [0.3, 0.4) is 0 Å². The number of carbonyl (C=O) groups is 1. The summed E-state index contributed by atoms with van der Waals surface area (Å²) in [5, 5.41) is 10.9. The van der Waals surface area contributed by atoms with Gasteiger partial charge in [0.15, 0.2) is 5.96 Å². The maximum absolute atomic E-state index is 12.1. The van der Waals surface area contributed by atoms with E-state index in [1.807, 2.05) is 55.4 Å². The van der Waals surface area contributed by atoms with Crippen LogP contribution in [0.25, 0.3) is 10.9 Å². The van der Waals surface area contributed by atoms with Crippen molar-refractivity contribution in [1.29, 1.82) is 0 Å². The number of amides is 1. The first-order valence-corrected chi connectivity index (χ1v) is 10.4. The van der Waals surface area contributed by atoms with Crippen LogP contribution in [-0.4, -0.2) is 44.5 Å². The van der Waals surface area contributed by atoms with E-state index in [9.17, 15) is 4.79 Å². The quantitative estimate of drug-likeness (QED) is 0.440. The van der Waals surface area contributed by atoms with Gasteiger partial charge in [0.05, 0.1) is 5.52 Å². The van der Waals surface area contributed by atoms with Crippen molar-refractivity contribution < 1.29 is 4.79 Å². The SMILES string of the molecule is CN=C(NCc1cc(N(C)C)nc2ccccc12)NCC1CC(=O)Nc2ccccc21. The summed E-state index contributed by atoms with van der Waals surface area (Å²) < 4.78 is 0. The number of para-hydroxylation sites is 2. The molecule has 1 aliphatic rings.